The number of carboxylic acid groups (broad SMARTS) is 1. The van der Waals surface area contributed by atoms with Crippen LogP contribution in [-0.2, 0) is 14.3 Å². The molecule has 2 heterocycles. The van der Waals surface area contributed by atoms with Crippen molar-refractivity contribution in [3.63, 3.8) is 0 Å². The van der Waals surface area contributed by atoms with E-state index in [-0.39, 0.29) is 12.6 Å². The lowest BCUT2D eigenvalue weighted by Gasteiger charge is -2.40. The molecule has 0 aromatic rings. The van der Waals surface area contributed by atoms with Gasteiger partial charge in [-0.1, -0.05) is 0 Å². The summed E-state index contributed by atoms with van der Waals surface area (Å²) in [5.41, 5.74) is -1.46. The maximum atomic E-state index is 12.1. The average Bonchev–Trinajstić information content (AvgIpc) is 3.10. The number of hydrogen-bond donors (Lipinski definition) is 1. The van der Waals surface area contributed by atoms with Crippen LogP contribution in [0.5, 0.6) is 0 Å². The summed E-state index contributed by atoms with van der Waals surface area (Å²) in [4.78, 5) is 25.3. The molecule has 0 aliphatic carbocycles. The van der Waals surface area contributed by atoms with E-state index in [1.165, 1.54) is 4.90 Å². The minimum atomic E-state index is -0.893. The molecular formula is C14H23NO5. The van der Waals surface area contributed by atoms with Crippen molar-refractivity contribution in [1.82, 2.24) is 4.90 Å². The van der Waals surface area contributed by atoms with Gasteiger partial charge in [0.1, 0.15) is 5.60 Å². The third-order valence-corrected chi connectivity index (χ3v) is 3.70. The van der Waals surface area contributed by atoms with E-state index in [2.05, 4.69) is 0 Å². The first-order valence-electron chi connectivity index (χ1n) is 7.05. The number of ether oxygens (including phenoxy) is 2. The zero-order chi connectivity index (χ0) is 15.0. The van der Waals surface area contributed by atoms with Crippen LogP contribution in [0.25, 0.3) is 0 Å². The second-order valence-corrected chi connectivity index (χ2v) is 6.75. The Bertz CT molecular complexity index is 399. The van der Waals surface area contributed by atoms with E-state index in [1.807, 2.05) is 0 Å². The predicted molar refractivity (Wildman–Crippen MR) is 71.5 cm³/mol. The van der Waals surface area contributed by atoms with Crippen molar-refractivity contribution in [3.8, 4) is 0 Å². The normalized spacial score (nSPS) is 29.9. The lowest BCUT2D eigenvalue weighted by molar-refractivity contribution is -0.153. The molecule has 2 saturated heterocycles. The summed E-state index contributed by atoms with van der Waals surface area (Å²) in [6.45, 7) is 6.79. The van der Waals surface area contributed by atoms with Gasteiger partial charge in [0.25, 0.3) is 0 Å². The zero-order valence-corrected chi connectivity index (χ0v) is 12.3. The number of epoxide rings is 1. The fraction of sp³-hybridized carbons (Fsp3) is 0.857. The molecule has 2 atom stereocenters. The summed E-state index contributed by atoms with van der Waals surface area (Å²) in [5, 5.41) is 9.56. The molecule has 0 spiro atoms. The topological polar surface area (TPSA) is 79.4 Å². The van der Waals surface area contributed by atoms with Gasteiger partial charge in [-0.05, 0) is 40.0 Å². The van der Waals surface area contributed by atoms with Crippen LogP contribution >= 0.6 is 0 Å². The van der Waals surface area contributed by atoms with E-state index in [9.17, 15) is 14.7 Å². The van der Waals surface area contributed by atoms with Crippen LogP contribution in [-0.4, -0.2) is 53.5 Å². The third-order valence-electron chi connectivity index (χ3n) is 3.70. The van der Waals surface area contributed by atoms with E-state index in [4.69, 9.17) is 9.47 Å². The Kier molecular flexibility index (Phi) is 3.95. The predicted octanol–water partition coefficient (Wildman–Crippen LogP) is 1.88. The van der Waals surface area contributed by atoms with Gasteiger partial charge in [-0.15, -0.1) is 0 Å². The number of hydrogen-bond acceptors (Lipinski definition) is 4. The van der Waals surface area contributed by atoms with Crippen LogP contribution in [0.4, 0.5) is 4.79 Å². The standard InChI is InChI=1S/C14H23NO5/c1-13(2,3)20-12(18)15-6-4-5-14(9-15,11(16)17)7-10-8-19-10/h10H,4-9H2,1-3H3,(H,16,17)/t10-,14-/m1/s1. The Morgan fingerprint density at radius 2 is 2.10 bits per heavy atom. The van der Waals surface area contributed by atoms with Gasteiger partial charge in [-0.3, -0.25) is 4.79 Å². The Morgan fingerprint density at radius 1 is 1.45 bits per heavy atom. The van der Waals surface area contributed by atoms with E-state index in [0.717, 1.165) is 0 Å². The van der Waals surface area contributed by atoms with Gasteiger partial charge in [0.05, 0.1) is 18.1 Å². The highest BCUT2D eigenvalue weighted by atomic mass is 16.6. The van der Waals surface area contributed by atoms with Crippen LogP contribution in [0.15, 0.2) is 0 Å². The summed E-state index contributed by atoms with van der Waals surface area (Å²) < 4.78 is 10.5. The Hall–Kier alpha value is -1.30. The molecule has 2 fully saturated rings. The van der Waals surface area contributed by atoms with Crippen molar-refractivity contribution in [2.45, 2.75) is 51.7 Å². The molecule has 0 saturated carbocycles. The maximum Gasteiger partial charge on any atom is 0.410 e. The maximum absolute atomic E-state index is 12.1. The van der Waals surface area contributed by atoms with Gasteiger partial charge in [0, 0.05) is 13.1 Å². The highest BCUT2D eigenvalue weighted by Crippen LogP contribution is 2.38. The molecule has 1 amide bonds. The van der Waals surface area contributed by atoms with E-state index in [0.29, 0.717) is 32.4 Å². The molecular weight excluding hydrogens is 262 g/mol. The SMILES string of the molecule is CC(C)(C)OC(=O)N1CCC[C@](C[C@@H]2CO2)(C(=O)O)C1. The fourth-order valence-corrected chi connectivity index (χ4v) is 2.66. The minimum Gasteiger partial charge on any atom is -0.481 e. The average molecular weight is 285 g/mol. The molecule has 2 aliphatic rings. The monoisotopic (exact) mass is 285 g/mol. The summed E-state index contributed by atoms with van der Waals surface area (Å²) in [5.74, 6) is -0.846. The van der Waals surface area contributed by atoms with Crippen LogP contribution in [0.2, 0.25) is 0 Å². The first kappa shape index (κ1) is 15.1. The Morgan fingerprint density at radius 3 is 2.60 bits per heavy atom. The number of rotatable bonds is 3. The van der Waals surface area contributed by atoms with Gasteiger partial charge in [0.2, 0.25) is 0 Å². The van der Waals surface area contributed by atoms with Crippen LogP contribution in [0, 0.1) is 5.41 Å². The summed E-state index contributed by atoms with van der Waals surface area (Å²) in [6, 6.07) is 0. The minimum absolute atomic E-state index is 0.0321. The molecule has 114 valence electrons. The van der Waals surface area contributed by atoms with Crippen molar-refractivity contribution in [3.05, 3.63) is 0 Å². The smallest absolute Gasteiger partial charge is 0.410 e. The highest BCUT2D eigenvalue weighted by Gasteiger charge is 2.48. The Labute approximate surface area is 119 Å². The summed E-state index contributed by atoms with van der Waals surface area (Å²) >= 11 is 0. The van der Waals surface area contributed by atoms with Gasteiger partial charge >= 0.3 is 12.1 Å². The summed E-state index contributed by atoms with van der Waals surface area (Å²) in [7, 11) is 0. The lowest BCUT2D eigenvalue weighted by atomic mass is 9.76. The molecule has 1 N–H and O–H groups in total. The van der Waals surface area contributed by atoms with Crippen molar-refractivity contribution >= 4 is 12.1 Å². The lowest BCUT2D eigenvalue weighted by Crippen LogP contribution is -2.51. The number of aliphatic carboxylic acids is 1. The number of carboxylic acids is 1. The Balaban J connectivity index is 2.05. The molecule has 0 bridgehead atoms. The van der Waals surface area contributed by atoms with Crippen molar-refractivity contribution in [2.24, 2.45) is 5.41 Å². The van der Waals surface area contributed by atoms with Crippen molar-refractivity contribution < 1.29 is 24.2 Å². The number of nitrogens with zero attached hydrogens (tertiary/aromatic N) is 1. The molecule has 0 aromatic carbocycles. The summed E-state index contributed by atoms with van der Waals surface area (Å²) in [6.07, 6.45) is 1.34. The van der Waals surface area contributed by atoms with Gasteiger partial charge < -0.3 is 19.5 Å². The number of carbonyl (C=O) groups is 2. The molecule has 0 radical (unpaired) electrons. The largest absolute Gasteiger partial charge is 0.481 e. The quantitative estimate of drug-likeness (QED) is 0.801. The van der Waals surface area contributed by atoms with Crippen LogP contribution < -0.4 is 0 Å². The molecule has 2 aliphatic heterocycles. The molecule has 2 rings (SSSR count). The first-order chi connectivity index (χ1) is 9.22. The molecule has 0 aromatic heterocycles. The van der Waals surface area contributed by atoms with Gasteiger partial charge in [-0.25, -0.2) is 4.79 Å². The fourth-order valence-electron chi connectivity index (χ4n) is 2.66. The number of carbonyl (C=O) groups excluding carboxylic acids is 1. The molecule has 0 unspecified atom stereocenters. The molecule has 6 nitrogen and oxygen atoms in total. The number of amides is 1. The van der Waals surface area contributed by atoms with Crippen molar-refractivity contribution in [2.75, 3.05) is 19.7 Å². The van der Waals surface area contributed by atoms with E-state index < -0.39 is 23.1 Å². The number of piperidine rings is 1. The molecule has 6 heteroatoms. The first-order valence-corrected chi connectivity index (χ1v) is 7.05. The zero-order valence-electron chi connectivity index (χ0n) is 12.3. The van der Waals surface area contributed by atoms with E-state index >= 15 is 0 Å². The van der Waals surface area contributed by atoms with Crippen LogP contribution in [0.3, 0.4) is 0 Å². The second kappa shape index (κ2) is 5.24. The third kappa shape index (κ3) is 3.62. The van der Waals surface area contributed by atoms with Crippen molar-refractivity contribution in [1.29, 1.82) is 0 Å². The van der Waals surface area contributed by atoms with E-state index in [1.54, 1.807) is 20.8 Å². The van der Waals surface area contributed by atoms with Gasteiger partial charge in [0.15, 0.2) is 0 Å². The number of likely N-dealkylation sites (tertiary alicyclic amines) is 1. The van der Waals surface area contributed by atoms with Gasteiger partial charge in [-0.2, -0.15) is 0 Å². The molecule has 20 heavy (non-hydrogen) atoms. The highest BCUT2D eigenvalue weighted by molar-refractivity contribution is 5.77. The second-order valence-electron chi connectivity index (χ2n) is 6.75. The van der Waals surface area contributed by atoms with Crippen LogP contribution in [0.1, 0.15) is 40.0 Å².